The minimum absolute atomic E-state index is 0.0956. The van der Waals surface area contributed by atoms with Crippen molar-refractivity contribution in [2.75, 3.05) is 13.2 Å². The highest BCUT2D eigenvalue weighted by Crippen LogP contribution is 2.30. The van der Waals surface area contributed by atoms with Crippen LogP contribution < -0.4 is 4.74 Å². The Bertz CT molecular complexity index is 1150. The van der Waals surface area contributed by atoms with Gasteiger partial charge < -0.3 is 14.6 Å². The highest BCUT2D eigenvalue weighted by atomic mass is 19.1. The van der Waals surface area contributed by atoms with E-state index in [0.29, 0.717) is 34.8 Å². The summed E-state index contributed by atoms with van der Waals surface area (Å²) in [5.74, 6) is 0.137. The van der Waals surface area contributed by atoms with Crippen LogP contribution in [0.5, 0.6) is 5.75 Å². The SMILES string of the molecule is CCc1cccc(-c2cc(CCC3CCOCC3)cc(COc3ccccc3CC(=O)O)c2)c1F. The highest BCUT2D eigenvalue weighted by molar-refractivity contribution is 5.71. The molecule has 0 atom stereocenters. The van der Waals surface area contributed by atoms with Crippen molar-refractivity contribution < 1.29 is 23.8 Å². The molecule has 0 unspecified atom stereocenters. The molecule has 4 rings (SSSR count). The first-order chi connectivity index (χ1) is 17.0. The normalized spacial score (nSPS) is 14.1. The van der Waals surface area contributed by atoms with E-state index in [4.69, 9.17) is 9.47 Å². The molecule has 0 aliphatic carbocycles. The van der Waals surface area contributed by atoms with E-state index in [1.165, 1.54) is 0 Å². The first-order valence-corrected chi connectivity index (χ1v) is 12.4. The number of carboxylic acid groups (broad SMARTS) is 1. The van der Waals surface area contributed by atoms with Gasteiger partial charge in [-0.1, -0.05) is 55.5 Å². The van der Waals surface area contributed by atoms with Gasteiger partial charge in [0.15, 0.2) is 0 Å². The molecular formula is C30H33FO4. The summed E-state index contributed by atoms with van der Waals surface area (Å²) in [6, 6.07) is 19.0. The van der Waals surface area contributed by atoms with Crippen molar-refractivity contribution in [3.8, 4) is 16.9 Å². The summed E-state index contributed by atoms with van der Waals surface area (Å²) in [4.78, 5) is 11.2. The summed E-state index contributed by atoms with van der Waals surface area (Å²) in [7, 11) is 0. The lowest BCUT2D eigenvalue weighted by molar-refractivity contribution is -0.136. The average Bonchev–Trinajstić information content (AvgIpc) is 2.87. The molecule has 4 nitrogen and oxygen atoms in total. The molecule has 1 aliphatic heterocycles. The van der Waals surface area contributed by atoms with Crippen molar-refractivity contribution in [3.05, 3.63) is 88.7 Å². The van der Waals surface area contributed by atoms with Crippen LogP contribution in [-0.2, 0) is 35.4 Å². The third-order valence-corrected chi connectivity index (χ3v) is 6.71. The molecule has 184 valence electrons. The summed E-state index contributed by atoms with van der Waals surface area (Å²) < 4.78 is 26.8. The smallest absolute Gasteiger partial charge is 0.307 e. The largest absolute Gasteiger partial charge is 0.489 e. The minimum Gasteiger partial charge on any atom is -0.489 e. The first-order valence-electron chi connectivity index (χ1n) is 12.4. The maximum atomic E-state index is 15.2. The summed E-state index contributed by atoms with van der Waals surface area (Å²) in [6.45, 7) is 3.90. The zero-order valence-electron chi connectivity index (χ0n) is 20.3. The Morgan fingerprint density at radius 3 is 2.54 bits per heavy atom. The first kappa shape index (κ1) is 24.9. The predicted molar refractivity (Wildman–Crippen MR) is 135 cm³/mol. The molecule has 3 aromatic carbocycles. The van der Waals surface area contributed by atoms with Crippen LogP contribution in [0.25, 0.3) is 11.1 Å². The summed E-state index contributed by atoms with van der Waals surface area (Å²) in [5.41, 5.74) is 4.89. The number of ether oxygens (including phenoxy) is 2. The van der Waals surface area contributed by atoms with Gasteiger partial charge in [-0.15, -0.1) is 0 Å². The van der Waals surface area contributed by atoms with Crippen LogP contribution in [-0.4, -0.2) is 24.3 Å². The molecule has 5 heteroatoms. The van der Waals surface area contributed by atoms with Crippen molar-refractivity contribution in [1.29, 1.82) is 0 Å². The Morgan fingerprint density at radius 2 is 1.77 bits per heavy atom. The molecule has 1 saturated heterocycles. The van der Waals surface area contributed by atoms with E-state index in [1.807, 2.05) is 43.3 Å². The molecule has 3 aromatic rings. The third kappa shape index (κ3) is 6.70. The molecule has 35 heavy (non-hydrogen) atoms. The number of carbonyl (C=O) groups is 1. The monoisotopic (exact) mass is 476 g/mol. The van der Waals surface area contributed by atoms with Gasteiger partial charge in [0.2, 0.25) is 0 Å². The quantitative estimate of drug-likeness (QED) is 0.357. The van der Waals surface area contributed by atoms with E-state index < -0.39 is 5.97 Å². The van der Waals surface area contributed by atoms with Crippen molar-refractivity contribution in [1.82, 2.24) is 0 Å². The van der Waals surface area contributed by atoms with E-state index in [9.17, 15) is 9.90 Å². The maximum absolute atomic E-state index is 15.2. The zero-order chi connectivity index (χ0) is 24.6. The van der Waals surface area contributed by atoms with Crippen LogP contribution in [0.2, 0.25) is 0 Å². The van der Waals surface area contributed by atoms with E-state index >= 15 is 4.39 Å². The third-order valence-electron chi connectivity index (χ3n) is 6.71. The molecule has 1 aliphatic rings. The molecule has 0 spiro atoms. The summed E-state index contributed by atoms with van der Waals surface area (Å²) >= 11 is 0. The number of aryl methyl sites for hydroxylation is 2. The molecule has 1 N–H and O–H groups in total. The molecular weight excluding hydrogens is 443 g/mol. The van der Waals surface area contributed by atoms with Gasteiger partial charge in [-0.2, -0.15) is 0 Å². The second-order valence-electron chi connectivity index (χ2n) is 9.23. The van der Waals surface area contributed by atoms with Gasteiger partial charge in [-0.25, -0.2) is 4.39 Å². The lowest BCUT2D eigenvalue weighted by Gasteiger charge is -2.22. The molecule has 1 heterocycles. The van der Waals surface area contributed by atoms with Crippen molar-refractivity contribution in [2.24, 2.45) is 5.92 Å². The molecule has 0 radical (unpaired) electrons. The molecule has 0 amide bonds. The number of rotatable bonds is 10. The number of hydrogen-bond acceptors (Lipinski definition) is 3. The van der Waals surface area contributed by atoms with E-state index in [0.717, 1.165) is 55.6 Å². The Balaban J connectivity index is 1.60. The van der Waals surface area contributed by atoms with Crippen LogP contribution >= 0.6 is 0 Å². The lowest BCUT2D eigenvalue weighted by atomic mass is 9.90. The van der Waals surface area contributed by atoms with Crippen LogP contribution in [0.1, 0.15) is 48.4 Å². The van der Waals surface area contributed by atoms with Gasteiger partial charge in [-0.05, 0) is 72.4 Å². The Morgan fingerprint density at radius 1 is 1.03 bits per heavy atom. The fourth-order valence-corrected chi connectivity index (χ4v) is 4.74. The number of para-hydroxylation sites is 1. The number of halogens is 1. The van der Waals surface area contributed by atoms with Crippen LogP contribution in [0.15, 0.2) is 60.7 Å². The van der Waals surface area contributed by atoms with Crippen molar-refractivity contribution in [2.45, 2.75) is 52.1 Å². The zero-order valence-corrected chi connectivity index (χ0v) is 20.3. The molecule has 0 aromatic heterocycles. The van der Waals surface area contributed by atoms with Gasteiger partial charge in [0.05, 0.1) is 6.42 Å². The Kier molecular flexibility index (Phi) is 8.54. The van der Waals surface area contributed by atoms with Gasteiger partial charge in [0.1, 0.15) is 18.2 Å². The van der Waals surface area contributed by atoms with Gasteiger partial charge >= 0.3 is 5.97 Å². The van der Waals surface area contributed by atoms with Gasteiger partial charge in [0.25, 0.3) is 0 Å². The second-order valence-corrected chi connectivity index (χ2v) is 9.23. The standard InChI is InChI=1S/C30H33FO4/c1-2-24-7-5-8-27(30(24)31)26-17-22(11-10-21-12-14-34-15-13-21)16-23(18-26)20-35-28-9-4-3-6-25(28)19-29(32)33/h3-9,16-18,21H,2,10-15,19-20H2,1H3,(H,32,33). The fraction of sp³-hybridized carbons (Fsp3) is 0.367. The highest BCUT2D eigenvalue weighted by Gasteiger charge is 2.16. The van der Waals surface area contributed by atoms with Crippen LogP contribution in [0.4, 0.5) is 4.39 Å². The predicted octanol–water partition coefficient (Wildman–Crippen LogP) is 6.62. The topological polar surface area (TPSA) is 55.8 Å². The van der Waals surface area contributed by atoms with Gasteiger partial charge in [0, 0.05) is 24.3 Å². The van der Waals surface area contributed by atoms with E-state index in [1.54, 1.807) is 12.1 Å². The minimum atomic E-state index is -0.898. The van der Waals surface area contributed by atoms with Crippen LogP contribution in [0.3, 0.4) is 0 Å². The van der Waals surface area contributed by atoms with Crippen LogP contribution in [0, 0.1) is 11.7 Å². The lowest BCUT2D eigenvalue weighted by Crippen LogP contribution is -2.16. The average molecular weight is 477 g/mol. The molecule has 0 bridgehead atoms. The molecule has 0 saturated carbocycles. The molecule has 1 fully saturated rings. The Labute approximate surface area is 206 Å². The van der Waals surface area contributed by atoms with Crippen molar-refractivity contribution >= 4 is 5.97 Å². The Hall–Kier alpha value is -3.18. The maximum Gasteiger partial charge on any atom is 0.307 e. The number of carboxylic acids is 1. The fourth-order valence-electron chi connectivity index (χ4n) is 4.74. The van der Waals surface area contributed by atoms with E-state index in [-0.39, 0.29) is 18.8 Å². The summed E-state index contributed by atoms with van der Waals surface area (Å²) in [5, 5.41) is 9.21. The van der Waals surface area contributed by atoms with Crippen molar-refractivity contribution in [3.63, 3.8) is 0 Å². The number of benzene rings is 3. The number of hydrogen-bond donors (Lipinski definition) is 1. The second kappa shape index (κ2) is 12.0. The van der Waals surface area contributed by atoms with E-state index in [2.05, 4.69) is 12.1 Å². The van der Waals surface area contributed by atoms with Gasteiger partial charge in [-0.3, -0.25) is 4.79 Å². The summed E-state index contributed by atoms with van der Waals surface area (Å²) in [6.07, 6.45) is 4.70. The number of aliphatic carboxylic acids is 1.